The van der Waals surface area contributed by atoms with E-state index < -0.39 is 5.79 Å². The van der Waals surface area contributed by atoms with Crippen LogP contribution >= 0.6 is 0 Å². The van der Waals surface area contributed by atoms with E-state index in [1.807, 2.05) is 31.2 Å². The highest BCUT2D eigenvalue weighted by molar-refractivity contribution is 5.35. The summed E-state index contributed by atoms with van der Waals surface area (Å²) in [5.41, 5.74) is 1.18. The number of benzene rings is 1. The van der Waals surface area contributed by atoms with Crippen molar-refractivity contribution in [3.05, 3.63) is 29.8 Å². The van der Waals surface area contributed by atoms with Crippen molar-refractivity contribution < 1.29 is 9.84 Å². The topological polar surface area (TPSA) is 29.5 Å². The second kappa shape index (κ2) is 2.74. The largest absolute Gasteiger partial charge is 0.462 e. The van der Waals surface area contributed by atoms with Crippen molar-refractivity contribution >= 4 is 0 Å². The lowest BCUT2D eigenvalue weighted by Gasteiger charge is -2.36. The molecule has 2 rings (SSSR count). The molecule has 0 radical (unpaired) electrons. The highest BCUT2D eigenvalue weighted by Crippen LogP contribution is 2.34. The molecule has 2 nitrogen and oxygen atoms in total. The van der Waals surface area contributed by atoms with Crippen LogP contribution in [0.4, 0.5) is 0 Å². The van der Waals surface area contributed by atoms with E-state index in [9.17, 15) is 5.11 Å². The van der Waals surface area contributed by atoms with Crippen LogP contribution < -0.4 is 4.74 Å². The van der Waals surface area contributed by atoms with Gasteiger partial charge < -0.3 is 9.84 Å². The molecule has 13 heavy (non-hydrogen) atoms. The lowest BCUT2D eigenvalue weighted by Crippen LogP contribution is -2.43. The van der Waals surface area contributed by atoms with Gasteiger partial charge in [-0.25, -0.2) is 0 Å². The predicted molar refractivity (Wildman–Crippen MR) is 50.6 cm³/mol. The summed E-state index contributed by atoms with van der Waals surface area (Å²) in [5, 5.41) is 9.87. The van der Waals surface area contributed by atoms with Gasteiger partial charge >= 0.3 is 0 Å². The summed E-state index contributed by atoms with van der Waals surface area (Å²) < 4.78 is 5.49. The van der Waals surface area contributed by atoms with E-state index in [4.69, 9.17) is 4.74 Å². The highest BCUT2D eigenvalue weighted by atomic mass is 16.6. The Morgan fingerprint density at radius 1 is 1.46 bits per heavy atom. The number of aliphatic hydroxyl groups is 1. The van der Waals surface area contributed by atoms with Crippen LogP contribution in [0.5, 0.6) is 5.75 Å². The molecule has 1 N–H and O–H groups in total. The number of fused-ring (bicyclic) bond motifs is 1. The Labute approximate surface area is 78.2 Å². The SMILES string of the molecule is CC1Cc2ccccc2OC1(C)O. The van der Waals surface area contributed by atoms with E-state index in [0.717, 1.165) is 12.2 Å². The van der Waals surface area contributed by atoms with Crippen LogP contribution in [0.2, 0.25) is 0 Å². The monoisotopic (exact) mass is 178 g/mol. The first-order valence-corrected chi connectivity index (χ1v) is 4.59. The molecular weight excluding hydrogens is 164 g/mol. The fourth-order valence-corrected chi connectivity index (χ4v) is 1.61. The molecule has 2 heteroatoms. The van der Waals surface area contributed by atoms with Gasteiger partial charge in [-0.1, -0.05) is 25.1 Å². The summed E-state index contributed by atoms with van der Waals surface area (Å²) in [4.78, 5) is 0. The molecule has 1 aliphatic rings. The molecule has 2 atom stereocenters. The summed E-state index contributed by atoms with van der Waals surface area (Å²) in [6.07, 6.45) is 0.878. The van der Waals surface area contributed by atoms with E-state index >= 15 is 0 Å². The van der Waals surface area contributed by atoms with Crippen molar-refractivity contribution in [2.75, 3.05) is 0 Å². The van der Waals surface area contributed by atoms with Crippen LogP contribution in [0.1, 0.15) is 19.4 Å². The van der Waals surface area contributed by atoms with Crippen LogP contribution in [0, 0.1) is 5.92 Å². The Kier molecular flexibility index (Phi) is 1.81. The molecule has 1 heterocycles. The molecule has 1 aliphatic heterocycles. The number of hydrogen-bond acceptors (Lipinski definition) is 2. The Balaban J connectivity index is 2.39. The molecule has 0 saturated carbocycles. The van der Waals surface area contributed by atoms with Gasteiger partial charge in [-0.3, -0.25) is 0 Å². The van der Waals surface area contributed by atoms with Gasteiger partial charge in [0.2, 0.25) is 5.79 Å². The quantitative estimate of drug-likeness (QED) is 0.658. The van der Waals surface area contributed by atoms with Crippen LogP contribution in [-0.2, 0) is 6.42 Å². The summed E-state index contributed by atoms with van der Waals surface area (Å²) in [6, 6.07) is 7.86. The lowest BCUT2D eigenvalue weighted by molar-refractivity contribution is -0.167. The first-order valence-electron chi connectivity index (χ1n) is 4.59. The third-order valence-corrected chi connectivity index (χ3v) is 2.73. The van der Waals surface area contributed by atoms with Crippen LogP contribution in [0.3, 0.4) is 0 Å². The van der Waals surface area contributed by atoms with E-state index in [2.05, 4.69) is 0 Å². The van der Waals surface area contributed by atoms with E-state index in [1.54, 1.807) is 6.92 Å². The molecule has 0 aliphatic carbocycles. The fourth-order valence-electron chi connectivity index (χ4n) is 1.61. The fraction of sp³-hybridized carbons (Fsp3) is 0.455. The van der Waals surface area contributed by atoms with E-state index in [1.165, 1.54) is 5.56 Å². The van der Waals surface area contributed by atoms with Crippen molar-refractivity contribution in [3.63, 3.8) is 0 Å². The van der Waals surface area contributed by atoms with Gasteiger partial charge in [0.25, 0.3) is 0 Å². The van der Waals surface area contributed by atoms with Crippen molar-refractivity contribution in [1.82, 2.24) is 0 Å². The standard InChI is InChI=1S/C11H14O2/c1-8-7-9-5-3-4-6-10(9)13-11(8,2)12/h3-6,8,12H,7H2,1-2H3. The smallest absolute Gasteiger partial charge is 0.208 e. The normalized spacial score (nSPS) is 32.1. The maximum atomic E-state index is 9.87. The van der Waals surface area contributed by atoms with E-state index in [-0.39, 0.29) is 5.92 Å². The Morgan fingerprint density at radius 3 is 2.92 bits per heavy atom. The molecule has 2 unspecified atom stereocenters. The Morgan fingerprint density at radius 2 is 2.15 bits per heavy atom. The number of para-hydroxylation sites is 1. The van der Waals surface area contributed by atoms with Gasteiger partial charge in [-0.05, 0) is 18.1 Å². The molecule has 0 spiro atoms. The minimum atomic E-state index is -1.02. The highest BCUT2D eigenvalue weighted by Gasteiger charge is 2.35. The number of hydrogen-bond donors (Lipinski definition) is 1. The van der Waals surface area contributed by atoms with Gasteiger partial charge in [-0.2, -0.15) is 0 Å². The minimum Gasteiger partial charge on any atom is -0.462 e. The number of rotatable bonds is 0. The molecular formula is C11H14O2. The molecule has 1 aromatic rings. The second-order valence-electron chi connectivity index (χ2n) is 3.87. The van der Waals surface area contributed by atoms with Gasteiger partial charge in [0, 0.05) is 12.8 Å². The van der Waals surface area contributed by atoms with Gasteiger partial charge in [-0.15, -0.1) is 0 Å². The lowest BCUT2D eigenvalue weighted by atomic mass is 9.91. The maximum absolute atomic E-state index is 9.87. The predicted octanol–water partition coefficient (Wildman–Crippen LogP) is 1.97. The zero-order chi connectivity index (χ0) is 9.47. The van der Waals surface area contributed by atoms with Crippen molar-refractivity contribution in [2.45, 2.75) is 26.1 Å². The molecule has 0 saturated heterocycles. The zero-order valence-electron chi connectivity index (χ0n) is 7.95. The average Bonchev–Trinajstić information content (AvgIpc) is 2.06. The summed E-state index contributed by atoms with van der Waals surface area (Å²) in [7, 11) is 0. The molecule has 70 valence electrons. The van der Waals surface area contributed by atoms with Crippen molar-refractivity contribution in [3.8, 4) is 5.75 Å². The van der Waals surface area contributed by atoms with Gasteiger partial charge in [0.1, 0.15) is 5.75 Å². The first-order chi connectivity index (χ1) is 6.09. The van der Waals surface area contributed by atoms with E-state index in [0.29, 0.717) is 0 Å². The maximum Gasteiger partial charge on any atom is 0.208 e. The van der Waals surface area contributed by atoms with Gasteiger partial charge in [0.05, 0.1) is 0 Å². The van der Waals surface area contributed by atoms with Crippen LogP contribution in [0.25, 0.3) is 0 Å². The zero-order valence-corrected chi connectivity index (χ0v) is 7.95. The third kappa shape index (κ3) is 1.42. The molecule has 1 aromatic carbocycles. The van der Waals surface area contributed by atoms with Crippen molar-refractivity contribution in [2.24, 2.45) is 5.92 Å². The molecule has 0 aromatic heterocycles. The van der Waals surface area contributed by atoms with Crippen LogP contribution in [-0.4, -0.2) is 10.9 Å². The summed E-state index contributed by atoms with van der Waals surface area (Å²) in [5.74, 6) is -0.0676. The Hall–Kier alpha value is -1.02. The number of ether oxygens (including phenoxy) is 1. The summed E-state index contributed by atoms with van der Waals surface area (Å²) in [6.45, 7) is 3.71. The van der Waals surface area contributed by atoms with Crippen LogP contribution in [0.15, 0.2) is 24.3 Å². The molecule has 0 amide bonds. The first kappa shape index (κ1) is 8.57. The molecule has 0 bridgehead atoms. The minimum absolute atomic E-state index is 0.141. The Bertz CT molecular complexity index is 318. The average molecular weight is 178 g/mol. The summed E-state index contributed by atoms with van der Waals surface area (Å²) >= 11 is 0. The third-order valence-electron chi connectivity index (χ3n) is 2.73. The molecule has 0 fully saturated rings. The van der Waals surface area contributed by atoms with Crippen molar-refractivity contribution in [1.29, 1.82) is 0 Å². The second-order valence-corrected chi connectivity index (χ2v) is 3.87. The van der Waals surface area contributed by atoms with Gasteiger partial charge in [0.15, 0.2) is 0 Å².